The topological polar surface area (TPSA) is 73.4 Å². The second-order valence-corrected chi connectivity index (χ2v) is 5.25. The molecule has 0 spiro atoms. The number of hydrogen-bond donors (Lipinski definition) is 2. The van der Waals surface area contributed by atoms with Crippen LogP contribution in [0.15, 0.2) is 11.9 Å². The molecule has 0 bridgehead atoms. The van der Waals surface area contributed by atoms with E-state index in [0.717, 1.165) is 19.3 Å². The summed E-state index contributed by atoms with van der Waals surface area (Å²) in [4.78, 5) is 16.2. The van der Waals surface area contributed by atoms with E-state index in [9.17, 15) is 4.79 Å². The van der Waals surface area contributed by atoms with Crippen LogP contribution in [0.5, 0.6) is 0 Å². The molecule has 5 heteroatoms. The van der Waals surface area contributed by atoms with Crippen LogP contribution in [-0.4, -0.2) is 40.2 Å². The smallest absolute Gasteiger partial charge is 0.249 e. The minimum Gasteiger partial charge on any atom is -0.403 e. The van der Waals surface area contributed by atoms with Gasteiger partial charge in [-0.3, -0.25) is 10.2 Å². The van der Waals surface area contributed by atoms with Crippen molar-refractivity contribution in [3.8, 4) is 0 Å². The molecule has 1 atom stereocenters. The molecule has 0 aromatic carbocycles. The predicted octanol–water partition coefficient (Wildman–Crippen LogP) is 1.65. The maximum absolute atomic E-state index is 12.6. The lowest BCUT2D eigenvalue weighted by Gasteiger charge is -2.45. The molecule has 1 saturated heterocycles. The maximum atomic E-state index is 12.6. The van der Waals surface area contributed by atoms with Crippen LogP contribution in [0.2, 0.25) is 0 Å². The zero-order valence-corrected chi connectivity index (χ0v) is 11.9. The Morgan fingerprint density at radius 3 is 2.47 bits per heavy atom. The second kappa shape index (κ2) is 5.63. The highest BCUT2D eigenvalue weighted by molar-refractivity contribution is 6.06. The fourth-order valence-electron chi connectivity index (χ4n) is 3.32. The first kappa shape index (κ1) is 13.9. The van der Waals surface area contributed by atoms with Crippen molar-refractivity contribution in [1.82, 2.24) is 9.80 Å². The van der Waals surface area contributed by atoms with Gasteiger partial charge in [-0.2, -0.15) is 0 Å². The quantitative estimate of drug-likeness (QED) is 0.814. The predicted molar refractivity (Wildman–Crippen MR) is 75.6 cm³/mol. The fraction of sp³-hybridized carbons (Fsp3) is 0.714. The highest BCUT2D eigenvalue weighted by atomic mass is 16.2. The summed E-state index contributed by atoms with van der Waals surface area (Å²) < 4.78 is 0. The van der Waals surface area contributed by atoms with Crippen molar-refractivity contribution < 1.29 is 4.79 Å². The van der Waals surface area contributed by atoms with E-state index >= 15 is 0 Å². The first-order chi connectivity index (χ1) is 9.15. The van der Waals surface area contributed by atoms with Crippen molar-refractivity contribution in [2.24, 2.45) is 5.73 Å². The van der Waals surface area contributed by atoms with E-state index in [1.165, 1.54) is 19.0 Å². The third-order valence-corrected chi connectivity index (χ3v) is 4.26. The molecule has 2 rings (SSSR count). The molecule has 0 unspecified atom stereocenters. The molecule has 106 valence electrons. The number of nitrogens with one attached hydrogen (secondary N) is 1. The maximum Gasteiger partial charge on any atom is 0.249 e. The van der Waals surface area contributed by atoms with E-state index in [2.05, 4.69) is 0 Å². The second-order valence-electron chi connectivity index (χ2n) is 5.25. The van der Waals surface area contributed by atoms with Crippen LogP contribution >= 0.6 is 0 Å². The van der Waals surface area contributed by atoms with Gasteiger partial charge in [0, 0.05) is 18.8 Å². The molecule has 1 aliphatic carbocycles. The summed E-state index contributed by atoms with van der Waals surface area (Å²) >= 11 is 0. The number of rotatable bonds is 3. The number of carbonyl (C=O) groups excluding carboxylic acids is 1. The van der Waals surface area contributed by atoms with Crippen LogP contribution in [0, 0.1) is 5.41 Å². The normalized spacial score (nSPS) is 27.7. The molecule has 5 nitrogen and oxygen atoms in total. The lowest BCUT2D eigenvalue weighted by atomic mass is 10.0. The van der Waals surface area contributed by atoms with Crippen molar-refractivity contribution in [2.45, 2.75) is 58.0 Å². The first-order valence-corrected chi connectivity index (χ1v) is 7.26. The number of amides is 1. The summed E-state index contributed by atoms with van der Waals surface area (Å²) in [5, 5.41) is 8.41. The highest BCUT2D eigenvalue weighted by Gasteiger charge is 2.42. The van der Waals surface area contributed by atoms with Crippen molar-refractivity contribution in [1.29, 1.82) is 5.41 Å². The molecule has 2 fully saturated rings. The van der Waals surface area contributed by atoms with Gasteiger partial charge in [0.05, 0.1) is 0 Å². The molecule has 1 saturated carbocycles. The zero-order valence-electron chi connectivity index (χ0n) is 11.9. The van der Waals surface area contributed by atoms with Crippen LogP contribution in [0.4, 0.5) is 0 Å². The van der Waals surface area contributed by atoms with Gasteiger partial charge in [-0.25, -0.2) is 0 Å². The number of piperazine rings is 1. The molecule has 0 aromatic heterocycles. The van der Waals surface area contributed by atoms with Crippen LogP contribution in [0.3, 0.4) is 0 Å². The van der Waals surface area contributed by atoms with Gasteiger partial charge < -0.3 is 15.5 Å². The third-order valence-electron chi connectivity index (χ3n) is 4.26. The molecule has 1 heterocycles. The number of nitrogens with zero attached hydrogens (tertiary/aromatic N) is 2. The van der Waals surface area contributed by atoms with Gasteiger partial charge in [-0.1, -0.05) is 19.8 Å². The van der Waals surface area contributed by atoms with Crippen LogP contribution < -0.4 is 5.73 Å². The van der Waals surface area contributed by atoms with Gasteiger partial charge in [0.1, 0.15) is 17.6 Å². The molecule has 2 aliphatic rings. The van der Waals surface area contributed by atoms with Gasteiger partial charge >= 0.3 is 0 Å². The van der Waals surface area contributed by atoms with Gasteiger partial charge in [0.15, 0.2) is 0 Å². The molecule has 0 aromatic rings. The Morgan fingerprint density at radius 1 is 1.37 bits per heavy atom. The van der Waals surface area contributed by atoms with Crippen molar-refractivity contribution in [3.05, 3.63) is 11.9 Å². The van der Waals surface area contributed by atoms with E-state index in [0.29, 0.717) is 24.1 Å². The molecule has 19 heavy (non-hydrogen) atoms. The average molecular weight is 264 g/mol. The van der Waals surface area contributed by atoms with Gasteiger partial charge in [0.25, 0.3) is 0 Å². The standard InChI is InChI=1S/C14H24N4O/c1-3-11-14(19)17(4-2)12(9-15)13(16)18(11)10-7-5-6-8-10/h9-11,16H,3-8,15H2,1-2H3/b12-9+,16-13?/t11-/m1/s1. The Balaban J connectivity index is 2.35. The molecular formula is C14H24N4O. The Hall–Kier alpha value is -1.52. The Bertz CT molecular complexity index is 398. The van der Waals surface area contributed by atoms with E-state index < -0.39 is 0 Å². The van der Waals surface area contributed by atoms with Crippen LogP contribution in [-0.2, 0) is 4.79 Å². The summed E-state index contributed by atoms with van der Waals surface area (Å²) in [5.74, 6) is 0.507. The van der Waals surface area contributed by atoms with Gasteiger partial charge in [0.2, 0.25) is 5.91 Å². The van der Waals surface area contributed by atoms with Gasteiger partial charge in [-0.15, -0.1) is 0 Å². The number of nitrogens with two attached hydrogens (primary N) is 1. The van der Waals surface area contributed by atoms with E-state index in [-0.39, 0.29) is 11.9 Å². The fourth-order valence-corrected chi connectivity index (χ4v) is 3.32. The zero-order chi connectivity index (χ0) is 14.0. The van der Waals surface area contributed by atoms with E-state index in [1.54, 1.807) is 4.90 Å². The van der Waals surface area contributed by atoms with Crippen LogP contribution in [0.25, 0.3) is 0 Å². The summed E-state index contributed by atoms with van der Waals surface area (Å²) in [6.07, 6.45) is 6.69. The third kappa shape index (κ3) is 2.22. The van der Waals surface area contributed by atoms with Crippen molar-refractivity contribution >= 4 is 11.7 Å². The largest absolute Gasteiger partial charge is 0.403 e. The summed E-state index contributed by atoms with van der Waals surface area (Å²) in [6, 6.07) is 0.134. The van der Waals surface area contributed by atoms with Crippen molar-refractivity contribution in [2.75, 3.05) is 6.54 Å². The summed E-state index contributed by atoms with van der Waals surface area (Å²) in [6.45, 7) is 4.51. The minimum atomic E-state index is -0.195. The van der Waals surface area contributed by atoms with E-state index in [4.69, 9.17) is 11.1 Å². The highest BCUT2D eigenvalue weighted by Crippen LogP contribution is 2.31. The molecule has 1 amide bonds. The SMILES string of the molecule is CC[C@@H]1C(=O)N(CC)/C(=C/N)C(=N)N1C1CCCC1. The molecule has 1 aliphatic heterocycles. The molecular weight excluding hydrogens is 240 g/mol. The van der Waals surface area contributed by atoms with Crippen molar-refractivity contribution in [3.63, 3.8) is 0 Å². The Kier molecular flexibility index (Phi) is 4.12. The minimum absolute atomic E-state index is 0.0876. The number of hydrogen-bond acceptors (Lipinski definition) is 3. The monoisotopic (exact) mass is 264 g/mol. The first-order valence-electron chi connectivity index (χ1n) is 7.26. The van der Waals surface area contributed by atoms with E-state index in [1.807, 2.05) is 18.7 Å². The van der Waals surface area contributed by atoms with Crippen LogP contribution in [0.1, 0.15) is 46.0 Å². The summed E-state index contributed by atoms with van der Waals surface area (Å²) in [7, 11) is 0. The lowest BCUT2D eigenvalue weighted by molar-refractivity contribution is -0.135. The van der Waals surface area contributed by atoms with Gasteiger partial charge in [-0.05, 0) is 26.2 Å². The Morgan fingerprint density at radius 2 is 2.00 bits per heavy atom. The Labute approximate surface area is 114 Å². The average Bonchev–Trinajstić information content (AvgIpc) is 2.93. The number of amidine groups is 1. The summed E-state index contributed by atoms with van der Waals surface area (Å²) in [5.41, 5.74) is 6.21. The number of likely N-dealkylation sites (N-methyl/N-ethyl adjacent to an activating group) is 1. The number of carbonyl (C=O) groups is 1. The lowest BCUT2D eigenvalue weighted by Crippen LogP contribution is -2.60. The molecule has 0 radical (unpaired) electrons. The molecule has 3 N–H and O–H groups in total.